The van der Waals surface area contributed by atoms with Crippen molar-refractivity contribution in [2.24, 2.45) is 0 Å². The van der Waals surface area contributed by atoms with E-state index in [1.54, 1.807) is 0 Å². The first-order valence-corrected chi connectivity index (χ1v) is 8.75. The number of rotatable bonds is 8. The molecule has 3 heteroatoms. The SMILES string of the molecule is CCCCC(Br)c1cncc(C(Br)CCCC)c1. The number of nitrogens with zero attached hydrogens (tertiary/aromatic N) is 1. The highest BCUT2D eigenvalue weighted by molar-refractivity contribution is 9.09. The zero-order valence-corrected chi connectivity index (χ0v) is 14.5. The van der Waals surface area contributed by atoms with Crippen molar-refractivity contribution < 1.29 is 0 Å². The Kier molecular flexibility index (Phi) is 8.16. The second kappa shape index (κ2) is 9.08. The highest BCUT2D eigenvalue weighted by Gasteiger charge is 2.12. The van der Waals surface area contributed by atoms with Crippen molar-refractivity contribution in [3.05, 3.63) is 29.6 Å². The van der Waals surface area contributed by atoms with Crippen molar-refractivity contribution in [2.45, 2.75) is 62.0 Å². The van der Waals surface area contributed by atoms with Gasteiger partial charge in [0.25, 0.3) is 0 Å². The van der Waals surface area contributed by atoms with Gasteiger partial charge in [-0.25, -0.2) is 0 Å². The molecule has 1 nitrogen and oxygen atoms in total. The van der Waals surface area contributed by atoms with E-state index in [0.29, 0.717) is 9.65 Å². The van der Waals surface area contributed by atoms with Crippen LogP contribution in [0.5, 0.6) is 0 Å². The Hall–Kier alpha value is 0.110. The Bertz CT molecular complexity index is 312. The molecule has 0 fully saturated rings. The lowest BCUT2D eigenvalue weighted by Crippen LogP contribution is -1.96. The molecule has 0 aliphatic heterocycles. The average Bonchev–Trinajstić information content (AvgIpc) is 2.42. The third-order valence-corrected chi connectivity index (χ3v) is 5.10. The molecule has 0 aromatic carbocycles. The van der Waals surface area contributed by atoms with Gasteiger partial charge >= 0.3 is 0 Å². The highest BCUT2D eigenvalue weighted by atomic mass is 79.9. The fraction of sp³-hybridized carbons (Fsp3) is 0.667. The molecule has 0 aliphatic carbocycles. The fourth-order valence-electron chi connectivity index (χ4n) is 1.92. The van der Waals surface area contributed by atoms with Gasteiger partial charge in [-0.2, -0.15) is 0 Å². The first-order valence-electron chi connectivity index (χ1n) is 6.92. The van der Waals surface area contributed by atoms with E-state index < -0.39 is 0 Å². The Balaban J connectivity index is 2.66. The van der Waals surface area contributed by atoms with Crippen molar-refractivity contribution in [1.29, 1.82) is 0 Å². The minimum atomic E-state index is 0.441. The second-order valence-corrected chi connectivity index (χ2v) is 6.98. The van der Waals surface area contributed by atoms with Crippen molar-refractivity contribution in [3.63, 3.8) is 0 Å². The molecule has 1 heterocycles. The number of halogens is 2. The van der Waals surface area contributed by atoms with E-state index in [0.717, 1.165) is 0 Å². The zero-order chi connectivity index (χ0) is 13.4. The van der Waals surface area contributed by atoms with Gasteiger partial charge in [-0.15, -0.1) is 0 Å². The van der Waals surface area contributed by atoms with Gasteiger partial charge in [-0.05, 0) is 24.0 Å². The molecule has 1 aromatic heterocycles. The summed E-state index contributed by atoms with van der Waals surface area (Å²) in [5.74, 6) is 0. The quantitative estimate of drug-likeness (QED) is 0.482. The van der Waals surface area contributed by atoms with Gasteiger partial charge in [0.05, 0.1) is 0 Å². The lowest BCUT2D eigenvalue weighted by molar-refractivity contribution is 0.701. The largest absolute Gasteiger partial charge is 0.264 e. The monoisotopic (exact) mass is 375 g/mol. The van der Waals surface area contributed by atoms with Crippen LogP contribution in [0.15, 0.2) is 18.5 Å². The van der Waals surface area contributed by atoms with E-state index in [-0.39, 0.29) is 0 Å². The number of pyridine rings is 1. The summed E-state index contributed by atoms with van der Waals surface area (Å²) in [5, 5.41) is 0. The molecule has 1 rings (SSSR count). The lowest BCUT2D eigenvalue weighted by Gasteiger charge is -2.13. The normalized spacial score (nSPS) is 14.4. The van der Waals surface area contributed by atoms with E-state index in [2.05, 4.69) is 56.8 Å². The minimum absolute atomic E-state index is 0.441. The van der Waals surface area contributed by atoms with E-state index >= 15 is 0 Å². The molecule has 102 valence electrons. The molecule has 2 unspecified atom stereocenters. The topological polar surface area (TPSA) is 12.9 Å². The van der Waals surface area contributed by atoms with Crippen LogP contribution < -0.4 is 0 Å². The van der Waals surface area contributed by atoms with Crippen LogP contribution in [-0.2, 0) is 0 Å². The molecule has 0 bridgehead atoms. The van der Waals surface area contributed by atoms with Gasteiger partial charge in [0.2, 0.25) is 0 Å². The summed E-state index contributed by atoms with van der Waals surface area (Å²) in [4.78, 5) is 5.26. The molecule has 18 heavy (non-hydrogen) atoms. The van der Waals surface area contributed by atoms with E-state index in [1.165, 1.54) is 49.7 Å². The summed E-state index contributed by atoms with van der Waals surface area (Å²) >= 11 is 7.54. The Morgan fingerprint density at radius 3 is 1.78 bits per heavy atom. The number of unbranched alkanes of at least 4 members (excludes halogenated alkanes) is 2. The van der Waals surface area contributed by atoms with Crippen molar-refractivity contribution in [1.82, 2.24) is 4.98 Å². The summed E-state index contributed by atoms with van der Waals surface area (Å²) in [6.45, 7) is 4.46. The minimum Gasteiger partial charge on any atom is -0.264 e. The van der Waals surface area contributed by atoms with Crippen LogP contribution in [0.25, 0.3) is 0 Å². The van der Waals surface area contributed by atoms with E-state index in [1.807, 2.05) is 12.4 Å². The van der Waals surface area contributed by atoms with Gasteiger partial charge in [-0.1, -0.05) is 77.5 Å². The number of alkyl halides is 2. The predicted octanol–water partition coefficient (Wildman–Crippen LogP) is 6.33. The summed E-state index contributed by atoms with van der Waals surface area (Å²) in [5.41, 5.74) is 2.61. The molecular formula is C15H23Br2N. The molecule has 0 spiro atoms. The van der Waals surface area contributed by atoms with Gasteiger partial charge in [-0.3, -0.25) is 4.98 Å². The molecule has 0 amide bonds. The number of aromatic nitrogens is 1. The van der Waals surface area contributed by atoms with E-state index in [9.17, 15) is 0 Å². The predicted molar refractivity (Wildman–Crippen MR) is 86.6 cm³/mol. The fourth-order valence-corrected chi connectivity index (χ4v) is 3.07. The van der Waals surface area contributed by atoms with Gasteiger partial charge in [0.15, 0.2) is 0 Å². The molecule has 0 saturated carbocycles. The molecule has 1 aromatic rings. The summed E-state index contributed by atoms with van der Waals surface area (Å²) in [7, 11) is 0. The van der Waals surface area contributed by atoms with E-state index in [4.69, 9.17) is 0 Å². The summed E-state index contributed by atoms with van der Waals surface area (Å²) in [6.07, 6.45) is 11.3. The summed E-state index contributed by atoms with van der Waals surface area (Å²) in [6, 6.07) is 2.29. The van der Waals surface area contributed by atoms with Gasteiger partial charge in [0, 0.05) is 22.0 Å². The van der Waals surface area contributed by atoms with Crippen molar-refractivity contribution >= 4 is 31.9 Å². The van der Waals surface area contributed by atoms with Gasteiger partial charge < -0.3 is 0 Å². The smallest absolute Gasteiger partial charge is 0.0410 e. The summed E-state index contributed by atoms with van der Waals surface area (Å²) < 4.78 is 0. The third kappa shape index (κ3) is 5.40. The van der Waals surface area contributed by atoms with Crippen molar-refractivity contribution in [2.75, 3.05) is 0 Å². The maximum absolute atomic E-state index is 4.38. The molecule has 0 radical (unpaired) electrons. The molecule has 2 atom stereocenters. The third-order valence-electron chi connectivity index (χ3n) is 3.13. The van der Waals surface area contributed by atoms with Crippen molar-refractivity contribution in [3.8, 4) is 0 Å². The highest BCUT2D eigenvalue weighted by Crippen LogP contribution is 2.33. The van der Waals surface area contributed by atoms with Crippen LogP contribution in [0.4, 0.5) is 0 Å². The molecule has 0 N–H and O–H groups in total. The van der Waals surface area contributed by atoms with Crippen LogP contribution in [0.3, 0.4) is 0 Å². The molecule has 0 saturated heterocycles. The number of hydrogen-bond donors (Lipinski definition) is 0. The van der Waals surface area contributed by atoms with Crippen LogP contribution in [0.1, 0.15) is 73.2 Å². The van der Waals surface area contributed by atoms with Crippen LogP contribution in [0.2, 0.25) is 0 Å². The van der Waals surface area contributed by atoms with Crippen LogP contribution >= 0.6 is 31.9 Å². The Morgan fingerprint density at radius 2 is 1.39 bits per heavy atom. The molecular weight excluding hydrogens is 354 g/mol. The lowest BCUT2D eigenvalue weighted by atomic mass is 10.0. The first-order chi connectivity index (χ1) is 8.69. The zero-order valence-electron chi connectivity index (χ0n) is 11.3. The maximum Gasteiger partial charge on any atom is 0.0410 e. The van der Waals surface area contributed by atoms with Crippen LogP contribution in [-0.4, -0.2) is 4.98 Å². The number of hydrogen-bond acceptors (Lipinski definition) is 1. The van der Waals surface area contributed by atoms with Crippen LogP contribution in [0, 0.1) is 0 Å². The Morgan fingerprint density at radius 1 is 0.944 bits per heavy atom. The maximum atomic E-state index is 4.38. The Labute approximate surface area is 128 Å². The standard InChI is InChI=1S/C15H23Br2N/c1-3-5-7-14(16)12-9-13(11-18-10-12)15(17)8-6-4-2/h9-11,14-15H,3-8H2,1-2H3. The van der Waals surface area contributed by atoms with Gasteiger partial charge in [0.1, 0.15) is 0 Å². The second-order valence-electron chi connectivity index (χ2n) is 4.77. The first kappa shape index (κ1) is 16.2. The molecule has 0 aliphatic rings. The average molecular weight is 377 g/mol.